The lowest BCUT2D eigenvalue weighted by atomic mass is 10.0. The molecule has 0 saturated heterocycles. The molecule has 0 bridgehead atoms. The summed E-state index contributed by atoms with van der Waals surface area (Å²) in [6.07, 6.45) is 0. The molecule has 2 aromatic rings. The summed E-state index contributed by atoms with van der Waals surface area (Å²) < 4.78 is 18.1. The van der Waals surface area contributed by atoms with E-state index in [0.717, 1.165) is 12.1 Å². The molecule has 3 N–H and O–H groups in total. The van der Waals surface area contributed by atoms with Crippen molar-refractivity contribution in [1.82, 2.24) is 5.32 Å². The number of carbonyl (C=O) groups is 4. The van der Waals surface area contributed by atoms with Crippen LogP contribution in [0.4, 0.5) is 15.8 Å². The Morgan fingerprint density at radius 2 is 1.45 bits per heavy atom. The number of rotatable bonds is 8. The van der Waals surface area contributed by atoms with Crippen molar-refractivity contribution in [3.63, 3.8) is 0 Å². The van der Waals surface area contributed by atoms with Crippen molar-refractivity contribution in [3.05, 3.63) is 59.9 Å². The van der Waals surface area contributed by atoms with Crippen LogP contribution < -0.4 is 16.0 Å². The number of benzene rings is 2. The van der Waals surface area contributed by atoms with Gasteiger partial charge in [-0.3, -0.25) is 14.4 Å². The van der Waals surface area contributed by atoms with Crippen LogP contribution in [0, 0.1) is 11.7 Å². The smallest absolute Gasteiger partial charge is 0.329 e. The lowest BCUT2D eigenvalue weighted by molar-refractivity contribution is -0.150. The average molecular weight is 429 g/mol. The fourth-order valence-corrected chi connectivity index (χ4v) is 2.59. The molecule has 31 heavy (non-hydrogen) atoms. The molecule has 0 aliphatic heterocycles. The van der Waals surface area contributed by atoms with Gasteiger partial charge in [0.15, 0.2) is 6.61 Å². The van der Waals surface area contributed by atoms with Crippen molar-refractivity contribution in [2.75, 3.05) is 17.2 Å². The zero-order valence-corrected chi connectivity index (χ0v) is 17.4. The van der Waals surface area contributed by atoms with E-state index in [9.17, 15) is 23.6 Å². The summed E-state index contributed by atoms with van der Waals surface area (Å²) in [6, 6.07) is 10.3. The quantitative estimate of drug-likeness (QED) is 0.559. The highest BCUT2D eigenvalue weighted by Crippen LogP contribution is 2.13. The van der Waals surface area contributed by atoms with E-state index in [4.69, 9.17) is 4.74 Å². The van der Waals surface area contributed by atoms with Crippen molar-refractivity contribution in [3.8, 4) is 0 Å². The van der Waals surface area contributed by atoms with E-state index in [2.05, 4.69) is 16.0 Å². The minimum atomic E-state index is -0.984. The Hall–Kier alpha value is -3.75. The van der Waals surface area contributed by atoms with Crippen LogP contribution in [0.5, 0.6) is 0 Å². The molecule has 3 amide bonds. The predicted octanol–water partition coefficient (Wildman–Crippen LogP) is 2.72. The van der Waals surface area contributed by atoms with Gasteiger partial charge in [0.05, 0.1) is 0 Å². The van der Waals surface area contributed by atoms with Crippen LogP contribution in [0.25, 0.3) is 0 Å². The van der Waals surface area contributed by atoms with E-state index in [-0.39, 0.29) is 17.4 Å². The summed E-state index contributed by atoms with van der Waals surface area (Å²) in [5.74, 6) is -2.88. The van der Waals surface area contributed by atoms with Crippen molar-refractivity contribution in [2.45, 2.75) is 26.8 Å². The van der Waals surface area contributed by atoms with E-state index >= 15 is 0 Å². The van der Waals surface area contributed by atoms with Crippen molar-refractivity contribution >= 4 is 35.1 Å². The zero-order valence-electron chi connectivity index (χ0n) is 17.4. The van der Waals surface area contributed by atoms with E-state index in [1.165, 1.54) is 19.1 Å². The van der Waals surface area contributed by atoms with Gasteiger partial charge < -0.3 is 20.7 Å². The molecule has 0 fully saturated rings. The molecule has 0 radical (unpaired) electrons. The van der Waals surface area contributed by atoms with Crippen LogP contribution >= 0.6 is 0 Å². The maximum absolute atomic E-state index is 13.0. The average Bonchev–Trinajstić information content (AvgIpc) is 2.71. The Labute approximate surface area is 179 Å². The van der Waals surface area contributed by atoms with Gasteiger partial charge in [-0.2, -0.15) is 0 Å². The fraction of sp³-hybridized carbons (Fsp3) is 0.273. The number of carbonyl (C=O) groups excluding carboxylic acids is 4. The maximum atomic E-state index is 13.0. The van der Waals surface area contributed by atoms with E-state index < -0.39 is 36.2 Å². The lowest BCUT2D eigenvalue weighted by Crippen LogP contribution is -2.45. The molecule has 164 valence electrons. The minimum absolute atomic E-state index is 0.195. The SMILES string of the molecule is CC(=O)Nc1ccc(NC(=O)COC(=O)[C@@H](NC(=O)c2ccc(F)cc2)C(C)C)cc1. The molecule has 1 atom stereocenters. The topological polar surface area (TPSA) is 114 Å². The number of nitrogens with one attached hydrogen (secondary N) is 3. The van der Waals surface area contributed by atoms with Gasteiger partial charge in [-0.1, -0.05) is 13.8 Å². The minimum Gasteiger partial charge on any atom is -0.454 e. The third kappa shape index (κ3) is 7.54. The van der Waals surface area contributed by atoms with Gasteiger partial charge in [-0.15, -0.1) is 0 Å². The molecule has 0 aromatic heterocycles. The largest absolute Gasteiger partial charge is 0.454 e. The van der Waals surface area contributed by atoms with Gasteiger partial charge in [0.1, 0.15) is 11.9 Å². The monoisotopic (exact) mass is 429 g/mol. The number of ether oxygens (including phenoxy) is 1. The Bertz CT molecular complexity index is 943. The molecular weight excluding hydrogens is 405 g/mol. The third-order valence-electron chi connectivity index (χ3n) is 4.15. The molecule has 0 unspecified atom stereocenters. The second-order valence-electron chi connectivity index (χ2n) is 7.12. The molecule has 0 heterocycles. The molecule has 2 rings (SSSR count). The van der Waals surface area contributed by atoms with Crippen LogP contribution in [-0.2, 0) is 19.1 Å². The summed E-state index contributed by atoms with van der Waals surface area (Å²) in [5.41, 5.74) is 1.23. The molecule has 8 nitrogen and oxygen atoms in total. The van der Waals surface area contributed by atoms with Gasteiger partial charge in [-0.05, 0) is 54.4 Å². The van der Waals surface area contributed by atoms with Crippen molar-refractivity contribution < 1.29 is 28.3 Å². The normalized spacial score (nSPS) is 11.4. The van der Waals surface area contributed by atoms with Gasteiger partial charge in [0.25, 0.3) is 11.8 Å². The van der Waals surface area contributed by atoms with Crippen molar-refractivity contribution in [1.29, 1.82) is 0 Å². The fourth-order valence-electron chi connectivity index (χ4n) is 2.59. The Balaban J connectivity index is 1.89. The Morgan fingerprint density at radius 1 is 0.903 bits per heavy atom. The third-order valence-corrected chi connectivity index (χ3v) is 4.15. The highest BCUT2D eigenvalue weighted by molar-refractivity contribution is 5.97. The number of hydrogen-bond donors (Lipinski definition) is 3. The summed E-state index contributed by atoms with van der Waals surface area (Å²) in [6.45, 7) is 4.28. The molecule has 9 heteroatoms. The standard InChI is InChI=1S/C22H24FN3O5/c1-13(2)20(26-21(29)15-4-6-16(23)7-5-15)22(30)31-12-19(28)25-18-10-8-17(9-11-18)24-14(3)27/h4-11,13,20H,12H2,1-3H3,(H,24,27)(H,25,28)(H,26,29)/t20-/m0/s1. The Kier molecular flexibility index (Phi) is 8.25. The highest BCUT2D eigenvalue weighted by atomic mass is 19.1. The van der Waals surface area contributed by atoms with Crippen LogP contribution in [-0.4, -0.2) is 36.3 Å². The first kappa shape index (κ1) is 23.5. The van der Waals surface area contributed by atoms with Crippen molar-refractivity contribution in [2.24, 2.45) is 5.92 Å². The summed E-state index contributed by atoms with van der Waals surface area (Å²) in [7, 11) is 0. The van der Waals surface area contributed by atoms with Crippen LogP contribution in [0.1, 0.15) is 31.1 Å². The lowest BCUT2D eigenvalue weighted by Gasteiger charge is -2.20. The number of anilines is 2. The maximum Gasteiger partial charge on any atom is 0.329 e. The van der Waals surface area contributed by atoms with Gasteiger partial charge in [-0.25, -0.2) is 9.18 Å². The molecule has 0 saturated carbocycles. The molecule has 0 spiro atoms. The van der Waals surface area contributed by atoms with Crippen LogP contribution in [0.3, 0.4) is 0 Å². The van der Waals surface area contributed by atoms with E-state index in [1.807, 2.05) is 0 Å². The van der Waals surface area contributed by atoms with Crippen LogP contribution in [0.15, 0.2) is 48.5 Å². The number of halogens is 1. The van der Waals surface area contributed by atoms with Crippen LogP contribution in [0.2, 0.25) is 0 Å². The Morgan fingerprint density at radius 3 is 1.97 bits per heavy atom. The number of amides is 3. The predicted molar refractivity (Wildman–Crippen MR) is 113 cm³/mol. The van der Waals surface area contributed by atoms with Gasteiger partial charge >= 0.3 is 5.97 Å². The summed E-state index contributed by atoms with van der Waals surface area (Å²) >= 11 is 0. The molecule has 2 aromatic carbocycles. The number of esters is 1. The van der Waals surface area contributed by atoms with E-state index in [1.54, 1.807) is 38.1 Å². The van der Waals surface area contributed by atoms with E-state index in [0.29, 0.717) is 11.4 Å². The van der Waals surface area contributed by atoms with Gasteiger partial charge in [0.2, 0.25) is 5.91 Å². The molecule has 0 aliphatic carbocycles. The highest BCUT2D eigenvalue weighted by Gasteiger charge is 2.26. The summed E-state index contributed by atoms with van der Waals surface area (Å²) in [4.78, 5) is 47.8. The zero-order chi connectivity index (χ0) is 23.0. The molecular formula is C22H24FN3O5. The first-order valence-corrected chi connectivity index (χ1v) is 9.56. The number of hydrogen-bond acceptors (Lipinski definition) is 5. The first-order valence-electron chi connectivity index (χ1n) is 9.56. The summed E-state index contributed by atoms with van der Waals surface area (Å²) in [5, 5.41) is 7.72. The second kappa shape index (κ2) is 10.9. The van der Waals surface area contributed by atoms with Gasteiger partial charge in [0, 0.05) is 23.9 Å². The second-order valence-corrected chi connectivity index (χ2v) is 7.12. The first-order chi connectivity index (χ1) is 14.7. The molecule has 0 aliphatic rings.